The fourth-order valence-electron chi connectivity index (χ4n) is 8.95. The second kappa shape index (κ2) is 8.66. The Balaban J connectivity index is 1.45. The average molecular weight is 521 g/mol. The van der Waals surface area contributed by atoms with Crippen LogP contribution in [0.5, 0.6) is 11.5 Å². The fraction of sp³-hybridized carbons (Fsp3) is 0.586. The van der Waals surface area contributed by atoms with Crippen LogP contribution in [0, 0.1) is 23.2 Å². The normalized spacial score (nSPS) is 31.6. The quantitative estimate of drug-likeness (QED) is 0.548. The van der Waals surface area contributed by atoms with E-state index in [9.17, 15) is 9.59 Å². The third-order valence-electron chi connectivity index (χ3n) is 9.81. The number of hydroxylamine groups is 2. The molecular formula is C29H36N4O5. The summed E-state index contributed by atoms with van der Waals surface area (Å²) in [4.78, 5) is 30.3. The van der Waals surface area contributed by atoms with E-state index >= 15 is 0 Å². The first kappa shape index (κ1) is 23.9. The summed E-state index contributed by atoms with van der Waals surface area (Å²) in [6.07, 6.45) is 7.65. The van der Waals surface area contributed by atoms with Gasteiger partial charge in [-0.1, -0.05) is 12.1 Å². The molecule has 1 aromatic carbocycles. The number of rotatable bonds is 6. The van der Waals surface area contributed by atoms with Crippen LogP contribution in [0.4, 0.5) is 9.59 Å². The van der Waals surface area contributed by atoms with Crippen LogP contribution in [-0.2, 0) is 11.4 Å². The summed E-state index contributed by atoms with van der Waals surface area (Å²) in [6, 6.07) is 7.62. The maximum atomic E-state index is 12.4. The van der Waals surface area contributed by atoms with E-state index in [2.05, 4.69) is 4.57 Å². The summed E-state index contributed by atoms with van der Waals surface area (Å²) in [5.74, 6) is 3.71. The molecule has 9 heteroatoms. The predicted octanol–water partition coefficient (Wildman–Crippen LogP) is 5.08. The lowest BCUT2D eigenvalue weighted by Crippen LogP contribution is -2.55. The lowest BCUT2D eigenvalue weighted by Gasteiger charge is -2.61. The van der Waals surface area contributed by atoms with Gasteiger partial charge in [0.05, 0.1) is 25.4 Å². The van der Waals surface area contributed by atoms with E-state index in [1.165, 1.54) is 25.0 Å². The fourth-order valence-corrected chi connectivity index (χ4v) is 8.95. The Morgan fingerprint density at radius 2 is 1.53 bits per heavy atom. The van der Waals surface area contributed by atoms with Gasteiger partial charge in [0, 0.05) is 23.7 Å². The number of methoxy groups -OCH3 is 1. The largest absolute Gasteiger partial charge is 0.497 e. The second-order valence-electron chi connectivity index (χ2n) is 12.3. The van der Waals surface area contributed by atoms with Gasteiger partial charge in [-0.05, 0) is 92.2 Å². The van der Waals surface area contributed by atoms with Gasteiger partial charge in [0.2, 0.25) is 0 Å². The highest BCUT2D eigenvalue weighted by Gasteiger charge is 2.59. The lowest BCUT2D eigenvalue weighted by atomic mass is 9.47. The zero-order valence-corrected chi connectivity index (χ0v) is 21.9. The van der Waals surface area contributed by atoms with Gasteiger partial charge in [0.15, 0.2) is 5.75 Å². The Hall–Kier alpha value is -3.20. The molecule has 1 aromatic heterocycles. The van der Waals surface area contributed by atoms with Gasteiger partial charge in [0.25, 0.3) is 0 Å². The van der Waals surface area contributed by atoms with Crippen LogP contribution < -0.4 is 20.9 Å². The first-order chi connectivity index (χ1) is 18.3. The third kappa shape index (κ3) is 3.77. The molecule has 2 heterocycles. The highest BCUT2D eigenvalue weighted by Crippen LogP contribution is 2.67. The monoisotopic (exact) mass is 520 g/mol. The second-order valence-corrected chi connectivity index (χ2v) is 12.3. The summed E-state index contributed by atoms with van der Waals surface area (Å²) in [6.45, 7) is 1.15. The maximum Gasteiger partial charge on any atom is 0.423 e. The number of hydrogen-bond acceptors (Lipinski definition) is 6. The number of carbonyl (C=O) groups excluding carboxylic acids is 2. The van der Waals surface area contributed by atoms with Gasteiger partial charge in [-0.15, -0.1) is 5.06 Å². The molecule has 38 heavy (non-hydrogen) atoms. The molecule has 4 bridgehead atoms. The third-order valence-corrected chi connectivity index (χ3v) is 9.81. The number of ether oxygens (including phenoxy) is 2. The molecule has 6 aliphatic rings. The molecule has 5 saturated carbocycles. The molecule has 1 atom stereocenters. The Labute approximate surface area is 222 Å². The zero-order valence-electron chi connectivity index (χ0n) is 21.9. The van der Waals surface area contributed by atoms with Crippen molar-refractivity contribution in [2.75, 3.05) is 13.7 Å². The number of carbonyl (C=O) groups is 2. The Morgan fingerprint density at radius 3 is 2.05 bits per heavy atom. The van der Waals surface area contributed by atoms with Gasteiger partial charge in [-0.25, -0.2) is 9.59 Å². The lowest BCUT2D eigenvalue weighted by molar-refractivity contribution is -0.209. The van der Waals surface area contributed by atoms with Gasteiger partial charge in [0.1, 0.15) is 5.75 Å². The van der Waals surface area contributed by atoms with Crippen LogP contribution in [-0.4, -0.2) is 35.5 Å². The number of fused-ring (bicyclic) bond motifs is 1. The molecule has 202 valence electrons. The van der Waals surface area contributed by atoms with E-state index in [-0.39, 0.29) is 11.5 Å². The minimum absolute atomic E-state index is 0.0749. The van der Waals surface area contributed by atoms with Gasteiger partial charge < -0.3 is 30.3 Å². The average Bonchev–Trinajstić information content (AvgIpc) is 3.65. The minimum Gasteiger partial charge on any atom is -0.497 e. The Kier molecular flexibility index (Phi) is 5.44. The van der Waals surface area contributed by atoms with E-state index in [1.807, 2.05) is 24.3 Å². The van der Waals surface area contributed by atoms with Crippen molar-refractivity contribution in [2.45, 2.75) is 69.9 Å². The Bertz CT molecular complexity index is 1250. The van der Waals surface area contributed by atoms with Crippen LogP contribution in [0.25, 0.3) is 11.1 Å². The SMILES string of the molecule is COc1ccc(-c2c(OC(N)=O)c3n(c2C2CC2)CCN(OC(N)=O)C3C23CC4CC(CC(C4)C2)C3)cc1. The van der Waals surface area contributed by atoms with Crippen molar-refractivity contribution in [3.8, 4) is 22.6 Å². The first-order valence-corrected chi connectivity index (χ1v) is 14.0. The molecule has 1 unspecified atom stereocenters. The van der Waals surface area contributed by atoms with Crippen LogP contribution in [0.3, 0.4) is 0 Å². The number of primary amides is 2. The molecule has 2 aromatic rings. The molecule has 4 N–H and O–H groups in total. The van der Waals surface area contributed by atoms with Crippen molar-refractivity contribution in [1.82, 2.24) is 9.63 Å². The minimum atomic E-state index is -0.840. The van der Waals surface area contributed by atoms with Crippen molar-refractivity contribution in [3.05, 3.63) is 35.7 Å². The summed E-state index contributed by atoms with van der Waals surface area (Å²) in [5, 5.41) is 1.80. The van der Waals surface area contributed by atoms with Crippen molar-refractivity contribution in [1.29, 1.82) is 0 Å². The van der Waals surface area contributed by atoms with Gasteiger partial charge >= 0.3 is 12.2 Å². The predicted molar refractivity (Wildman–Crippen MR) is 139 cm³/mol. The standard InChI is InChI=1S/C29H36N4O5/c1-36-21-6-4-19(5-7-21)22-23(20-2-3-20)32-8-9-33(38-28(31)35)26(24(32)25(22)37-27(30)34)29-13-16-10-17(14-29)12-18(11-16)15-29/h4-7,16-18,20,26H,2-3,8-15H2,1H3,(H2,30,34)(H2,31,35). The van der Waals surface area contributed by atoms with Crippen LogP contribution in [0.1, 0.15) is 74.7 Å². The number of hydrogen-bond donors (Lipinski definition) is 2. The van der Waals surface area contributed by atoms with Crippen LogP contribution in [0.2, 0.25) is 0 Å². The summed E-state index contributed by atoms with van der Waals surface area (Å²) < 4.78 is 13.7. The van der Waals surface area contributed by atoms with Crippen molar-refractivity contribution in [2.24, 2.45) is 34.6 Å². The number of benzene rings is 1. The molecule has 8 rings (SSSR count). The summed E-state index contributed by atoms with van der Waals surface area (Å²) in [7, 11) is 1.65. The zero-order chi connectivity index (χ0) is 26.2. The number of amides is 2. The van der Waals surface area contributed by atoms with Crippen molar-refractivity contribution in [3.63, 3.8) is 0 Å². The van der Waals surface area contributed by atoms with Gasteiger partial charge in [-0.3, -0.25) is 0 Å². The molecule has 5 aliphatic carbocycles. The molecule has 9 nitrogen and oxygen atoms in total. The molecule has 0 spiro atoms. The molecule has 0 saturated heterocycles. The first-order valence-electron chi connectivity index (χ1n) is 14.0. The van der Waals surface area contributed by atoms with E-state index in [1.54, 1.807) is 12.2 Å². The number of aromatic nitrogens is 1. The highest BCUT2D eigenvalue weighted by atomic mass is 16.7. The van der Waals surface area contributed by atoms with Crippen LogP contribution >= 0.6 is 0 Å². The van der Waals surface area contributed by atoms with E-state index < -0.39 is 12.2 Å². The molecule has 1 aliphatic heterocycles. The Morgan fingerprint density at radius 1 is 0.895 bits per heavy atom. The van der Waals surface area contributed by atoms with E-state index in [0.29, 0.717) is 42.5 Å². The topological polar surface area (TPSA) is 122 Å². The van der Waals surface area contributed by atoms with Crippen molar-refractivity contribution < 1.29 is 23.9 Å². The van der Waals surface area contributed by atoms with Crippen LogP contribution in [0.15, 0.2) is 24.3 Å². The maximum absolute atomic E-state index is 12.4. The molecule has 2 amide bonds. The van der Waals surface area contributed by atoms with Gasteiger partial charge in [-0.2, -0.15) is 0 Å². The highest BCUT2D eigenvalue weighted by molar-refractivity contribution is 5.81. The van der Waals surface area contributed by atoms with Crippen molar-refractivity contribution >= 4 is 12.2 Å². The summed E-state index contributed by atoms with van der Waals surface area (Å²) >= 11 is 0. The number of nitrogens with zero attached hydrogens (tertiary/aromatic N) is 2. The van der Waals surface area contributed by atoms with E-state index in [4.69, 9.17) is 25.8 Å². The molecule has 0 radical (unpaired) electrons. The number of nitrogens with two attached hydrogens (primary N) is 2. The van der Waals surface area contributed by atoms with E-state index in [0.717, 1.165) is 54.7 Å². The smallest absolute Gasteiger partial charge is 0.423 e. The molecule has 5 fully saturated rings. The summed E-state index contributed by atoms with van der Waals surface area (Å²) in [5.41, 5.74) is 15.2. The molecular weight excluding hydrogens is 484 g/mol.